The van der Waals surface area contributed by atoms with Gasteiger partial charge in [-0.25, -0.2) is 12.8 Å². The van der Waals surface area contributed by atoms with Crippen molar-refractivity contribution in [2.24, 2.45) is 12.8 Å². The summed E-state index contributed by atoms with van der Waals surface area (Å²) >= 11 is 0. The number of primary amides is 1. The normalized spacial score (nSPS) is 11.4. The lowest BCUT2D eigenvalue weighted by atomic mass is 10.1. The lowest BCUT2D eigenvalue weighted by Gasteiger charge is -2.10. The van der Waals surface area contributed by atoms with Crippen molar-refractivity contribution in [3.8, 4) is 11.3 Å². The first-order chi connectivity index (χ1) is 9.67. The molecular weight excluding hydrogens is 297 g/mol. The summed E-state index contributed by atoms with van der Waals surface area (Å²) in [5, 5.41) is 0. The summed E-state index contributed by atoms with van der Waals surface area (Å²) in [6.07, 6.45) is 2.58. The highest BCUT2D eigenvalue weighted by molar-refractivity contribution is 7.92. The Labute approximate surface area is 121 Å². The van der Waals surface area contributed by atoms with Crippen LogP contribution in [0.5, 0.6) is 0 Å². The molecule has 0 radical (unpaired) electrons. The van der Waals surface area contributed by atoms with Gasteiger partial charge in [-0.2, -0.15) is 0 Å². The summed E-state index contributed by atoms with van der Waals surface area (Å²) in [5.41, 5.74) is 6.35. The number of sulfonamides is 1. The molecule has 3 N–H and O–H groups in total. The predicted octanol–water partition coefficient (Wildman–Crippen LogP) is 1.30. The number of carbonyl (C=O) groups is 1. The highest BCUT2D eigenvalue weighted by Gasteiger charge is 2.16. The number of nitrogens with zero attached hydrogens (tertiary/aromatic N) is 1. The van der Waals surface area contributed by atoms with Gasteiger partial charge >= 0.3 is 0 Å². The molecule has 0 unspecified atom stereocenters. The van der Waals surface area contributed by atoms with E-state index >= 15 is 0 Å². The molecule has 1 aromatic carbocycles. The average Bonchev–Trinajstić information content (AvgIpc) is 2.67. The van der Waals surface area contributed by atoms with E-state index in [-0.39, 0.29) is 11.3 Å². The molecular formula is C13H14FN3O3S. The topological polar surface area (TPSA) is 94.2 Å². The fourth-order valence-electron chi connectivity index (χ4n) is 2.09. The van der Waals surface area contributed by atoms with Crippen LogP contribution in [0.25, 0.3) is 11.3 Å². The second-order valence-electron chi connectivity index (χ2n) is 4.66. The third-order valence-corrected chi connectivity index (χ3v) is 3.42. The van der Waals surface area contributed by atoms with Crippen LogP contribution in [0.2, 0.25) is 0 Å². The van der Waals surface area contributed by atoms with Crippen molar-refractivity contribution in [3.05, 3.63) is 41.8 Å². The van der Waals surface area contributed by atoms with Crippen LogP contribution in [-0.4, -0.2) is 25.1 Å². The quantitative estimate of drug-likeness (QED) is 0.891. The number of amides is 1. The van der Waals surface area contributed by atoms with Crippen molar-refractivity contribution in [3.63, 3.8) is 0 Å². The molecule has 6 nitrogen and oxygen atoms in total. The standard InChI is InChI=1S/C13H14FN3O3S/c1-17-4-3-11(13(15)18)12(17)8-5-9(14)7-10(6-8)16-21(2,19)20/h3-7,16H,1-2H3,(H2,15,18). The SMILES string of the molecule is Cn1ccc(C(N)=O)c1-c1cc(F)cc(NS(C)(=O)=O)c1. The van der Waals surface area contributed by atoms with E-state index in [0.717, 1.165) is 12.3 Å². The Morgan fingerprint density at radius 1 is 1.33 bits per heavy atom. The van der Waals surface area contributed by atoms with Crippen LogP contribution >= 0.6 is 0 Å². The minimum Gasteiger partial charge on any atom is -0.366 e. The van der Waals surface area contributed by atoms with E-state index in [1.54, 1.807) is 17.8 Å². The molecule has 8 heteroatoms. The molecule has 0 aliphatic rings. The largest absolute Gasteiger partial charge is 0.366 e. The number of aryl methyl sites for hydroxylation is 1. The Balaban J connectivity index is 2.60. The molecule has 0 aliphatic heterocycles. The molecule has 0 atom stereocenters. The molecule has 0 bridgehead atoms. The van der Waals surface area contributed by atoms with Crippen LogP contribution in [-0.2, 0) is 17.1 Å². The highest BCUT2D eigenvalue weighted by Crippen LogP contribution is 2.28. The summed E-state index contributed by atoms with van der Waals surface area (Å²) in [4.78, 5) is 11.4. The van der Waals surface area contributed by atoms with E-state index in [0.29, 0.717) is 11.3 Å². The fourth-order valence-corrected chi connectivity index (χ4v) is 2.63. The first-order valence-electron chi connectivity index (χ1n) is 5.91. The molecule has 0 spiro atoms. The highest BCUT2D eigenvalue weighted by atomic mass is 32.2. The number of nitrogens with two attached hydrogens (primary N) is 1. The van der Waals surface area contributed by atoms with Crippen molar-refractivity contribution >= 4 is 21.6 Å². The van der Waals surface area contributed by atoms with Crippen molar-refractivity contribution in [2.75, 3.05) is 11.0 Å². The van der Waals surface area contributed by atoms with Gasteiger partial charge in [0, 0.05) is 18.8 Å². The minimum atomic E-state index is -3.53. The van der Waals surface area contributed by atoms with E-state index in [9.17, 15) is 17.6 Å². The summed E-state index contributed by atoms with van der Waals surface area (Å²) < 4.78 is 40.0. The van der Waals surface area contributed by atoms with Crippen molar-refractivity contribution in [1.29, 1.82) is 0 Å². The molecule has 0 aliphatic carbocycles. The zero-order chi connectivity index (χ0) is 15.8. The average molecular weight is 311 g/mol. The van der Waals surface area contributed by atoms with Crippen LogP contribution in [0, 0.1) is 5.82 Å². The molecule has 21 heavy (non-hydrogen) atoms. The lowest BCUT2D eigenvalue weighted by molar-refractivity contribution is 0.100. The maximum atomic E-state index is 13.7. The third kappa shape index (κ3) is 3.40. The number of rotatable bonds is 4. The molecule has 1 amide bonds. The Morgan fingerprint density at radius 3 is 2.57 bits per heavy atom. The van der Waals surface area contributed by atoms with Gasteiger partial charge in [0.2, 0.25) is 10.0 Å². The molecule has 1 heterocycles. The minimum absolute atomic E-state index is 0.0733. The Kier molecular flexibility index (Phi) is 3.73. The van der Waals surface area contributed by atoms with Gasteiger partial charge in [0.1, 0.15) is 5.82 Å². The van der Waals surface area contributed by atoms with Gasteiger partial charge in [0.15, 0.2) is 0 Å². The van der Waals surface area contributed by atoms with E-state index in [4.69, 9.17) is 5.73 Å². The van der Waals surface area contributed by atoms with Gasteiger partial charge < -0.3 is 10.3 Å². The van der Waals surface area contributed by atoms with Crippen LogP contribution in [0.3, 0.4) is 0 Å². The molecule has 2 aromatic rings. The van der Waals surface area contributed by atoms with Gasteiger partial charge in [0.25, 0.3) is 5.91 Å². The van der Waals surface area contributed by atoms with Crippen LogP contribution in [0.15, 0.2) is 30.5 Å². The number of hydrogen-bond donors (Lipinski definition) is 2. The molecule has 1 aromatic heterocycles. The molecule has 112 valence electrons. The second kappa shape index (κ2) is 5.21. The zero-order valence-corrected chi connectivity index (χ0v) is 12.2. The second-order valence-corrected chi connectivity index (χ2v) is 6.40. The monoisotopic (exact) mass is 311 g/mol. The number of carbonyl (C=O) groups excluding carboxylic acids is 1. The molecule has 0 fully saturated rings. The maximum absolute atomic E-state index is 13.7. The van der Waals surface area contributed by atoms with Crippen LogP contribution in [0.4, 0.5) is 10.1 Å². The third-order valence-electron chi connectivity index (χ3n) is 2.81. The van der Waals surface area contributed by atoms with E-state index in [2.05, 4.69) is 4.72 Å². The Morgan fingerprint density at radius 2 is 2.00 bits per heavy atom. The fraction of sp³-hybridized carbons (Fsp3) is 0.154. The van der Waals surface area contributed by atoms with Gasteiger partial charge in [-0.3, -0.25) is 9.52 Å². The smallest absolute Gasteiger partial charge is 0.250 e. The maximum Gasteiger partial charge on any atom is 0.250 e. The number of benzene rings is 1. The van der Waals surface area contributed by atoms with Crippen molar-refractivity contribution in [2.45, 2.75) is 0 Å². The van der Waals surface area contributed by atoms with E-state index in [1.165, 1.54) is 18.2 Å². The van der Waals surface area contributed by atoms with Gasteiger partial charge in [-0.05, 0) is 24.3 Å². The summed E-state index contributed by atoms with van der Waals surface area (Å²) in [6, 6.07) is 5.21. The summed E-state index contributed by atoms with van der Waals surface area (Å²) in [6.45, 7) is 0. The summed E-state index contributed by atoms with van der Waals surface area (Å²) in [5.74, 6) is -1.28. The first-order valence-corrected chi connectivity index (χ1v) is 7.80. The number of halogens is 1. The van der Waals surface area contributed by atoms with Crippen molar-refractivity contribution < 1.29 is 17.6 Å². The Hall–Kier alpha value is -2.35. The van der Waals surface area contributed by atoms with Gasteiger partial charge in [-0.1, -0.05) is 0 Å². The van der Waals surface area contributed by atoms with E-state index < -0.39 is 21.7 Å². The zero-order valence-electron chi connectivity index (χ0n) is 11.4. The first kappa shape index (κ1) is 15.0. The lowest BCUT2D eigenvalue weighted by Crippen LogP contribution is -2.12. The molecule has 2 rings (SSSR count). The number of hydrogen-bond acceptors (Lipinski definition) is 3. The van der Waals surface area contributed by atoms with Crippen molar-refractivity contribution in [1.82, 2.24) is 4.57 Å². The number of nitrogens with one attached hydrogen (secondary N) is 1. The molecule has 0 saturated carbocycles. The number of anilines is 1. The number of aromatic nitrogens is 1. The van der Waals surface area contributed by atoms with Crippen LogP contribution < -0.4 is 10.5 Å². The Bertz CT molecular complexity index is 812. The van der Waals surface area contributed by atoms with Gasteiger partial charge in [-0.15, -0.1) is 0 Å². The predicted molar refractivity (Wildman–Crippen MR) is 77.8 cm³/mol. The van der Waals surface area contributed by atoms with Gasteiger partial charge in [0.05, 0.1) is 23.2 Å². The van der Waals surface area contributed by atoms with E-state index in [1.807, 2.05) is 0 Å². The summed E-state index contributed by atoms with van der Waals surface area (Å²) in [7, 11) is -1.85. The van der Waals surface area contributed by atoms with Crippen LogP contribution in [0.1, 0.15) is 10.4 Å². The molecule has 0 saturated heterocycles.